The SMILES string of the molecule is Cc1ccc(C(=O)OCC(=O)NC(C)c2ccc(C)c(C)c2)c(C)c1. The zero-order chi connectivity index (χ0) is 18.6. The molecule has 4 nitrogen and oxygen atoms in total. The minimum atomic E-state index is -0.480. The van der Waals surface area contributed by atoms with Crippen molar-refractivity contribution in [2.45, 2.75) is 40.7 Å². The standard InChI is InChI=1S/C21H25NO3/c1-13-6-9-19(16(4)10-13)21(24)25-12-20(23)22-17(5)18-8-7-14(2)15(3)11-18/h6-11,17H,12H2,1-5H3,(H,22,23). The Labute approximate surface area is 149 Å². The smallest absolute Gasteiger partial charge is 0.338 e. The summed E-state index contributed by atoms with van der Waals surface area (Å²) in [6.07, 6.45) is 0. The van der Waals surface area contributed by atoms with Crippen LogP contribution in [0.2, 0.25) is 0 Å². The Balaban J connectivity index is 1.91. The number of hydrogen-bond donors (Lipinski definition) is 1. The summed E-state index contributed by atoms with van der Waals surface area (Å²) < 4.78 is 5.14. The van der Waals surface area contributed by atoms with Gasteiger partial charge in [-0.1, -0.05) is 35.9 Å². The van der Waals surface area contributed by atoms with Crippen molar-refractivity contribution in [1.82, 2.24) is 5.32 Å². The molecule has 0 aliphatic carbocycles. The molecule has 0 radical (unpaired) electrons. The van der Waals surface area contributed by atoms with Gasteiger partial charge in [-0.3, -0.25) is 4.79 Å². The molecule has 0 spiro atoms. The van der Waals surface area contributed by atoms with Gasteiger partial charge in [0.15, 0.2) is 6.61 Å². The van der Waals surface area contributed by atoms with Crippen molar-refractivity contribution in [3.05, 3.63) is 69.8 Å². The van der Waals surface area contributed by atoms with Crippen LogP contribution in [0.25, 0.3) is 0 Å². The van der Waals surface area contributed by atoms with E-state index in [0.717, 1.165) is 16.7 Å². The predicted molar refractivity (Wildman–Crippen MR) is 98.7 cm³/mol. The Morgan fingerprint density at radius 3 is 2.32 bits per heavy atom. The quantitative estimate of drug-likeness (QED) is 0.839. The van der Waals surface area contributed by atoms with Gasteiger partial charge in [0.05, 0.1) is 11.6 Å². The highest BCUT2D eigenvalue weighted by Crippen LogP contribution is 2.17. The Kier molecular flexibility index (Phi) is 5.97. The molecule has 1 unspecified atom stereocenters. The lowest BCUT2D eigenvalue weighted by atomic mass is 10.0. The van der Waals surface area contributed by atoms with Crippen LogP contribution in [0.5, 0.6) is 0 Å². The molecule has 4 heteroatoms. The highest BCUT2D eigenvalue weighted by Gasteiger charge is 2.15. The maximum Gasteiger partial charge on any atom is 0.338 e. The largest absolute Gasteiger partial charge is 0.452 e. The predicted octanol–water partition coefficient (Wildman–Crippen LogP) is 3.95. The minimum absolute atomic E-state index is 0.147. The summed E-state index contributed by atoms with van der Waals surface area (Å²) in [4.78, 5) is 24.2. The van der Waals surface area contributed by atoms with Crippen molar-refractivity contribution in [2.75, 3.05) is 6.61 Å². The first kappa shape index (κ1) is 18.7. The normalized spacial score (nSPS) is 11.7. The van der Waals surface area contributed by atoms with Crippen molar-refractivity contribution in [3.63, 3.8) is 0 Å². The van der Waals surface area contributed by atoms with Gasteiger partial charge in [-0.2, -0.15) is 0 Å². The summed E-state index contributed by atoms with van der Waals surface area (Å²) in [6.45, 7) is 9.53. The number of carbonyl (C=O) groups excluding carboxylic acids is 2. The maximum absolute atomic E-state index is 12.1. The molecule has 25 heavy (non-hydrogen) atoms. The summed E-state index contributed by atoms with van der Waals surface area (Å²) in [5.41, 5.74) is 5.82. The molecule has 2 aromatic rings. The lowest BCUT2D eigenvalue weighted by Gasteiger charge is -2.16. The fraction of sp³-hybridized carbons (Fsp3) is 0.333. The average Bonchev–Trinajstić information content (AvgIpc) is 2.55. The Morgan fingerprint density at radius 2 is 1.68 bits per heavy atom. The lowest BCUT2D eigenvalue weighted by Crippen LogP contribution is -2.31. The summed E-state index contributed by atoms with van der Waals surface area (Å²) in [5.74, 6) is -0.796. The molecular weight excluding hydrogens is 314 g/mol. The fourth-order valence-electron chi connectivity index (χ4n) is 2.65. The number of amides is 1. The first-order valence-electron chi connectivity index (χ1n) is 8.39. The zero-order valence-corrected chi connectivity index (χ0v) is 15.5. The molecule has 0 saturated carbocycles. The van der Waals surface area contributed by atoms with Crippen LogP contribution in [0.4, 0.5) is 0 Å². The lowest BCUT2D eigenvalue weighted by molar-refractivity contribution is -0.124. The number of benzene rings is 2. The van der Waals surface area contributed by atoms with E-state index in [9.17, 15) is 9.59 Å². The summed E-state index contributed by atoms with van der Waals surface area (Å²) in [5, 5.41) is 2.86. The Morgan fingerprint density at radius 1 is 0.960 bits per heavy atom. The van der Waals surface area contributed by atoms with Gasteiger partial charge in [-0.15, -0.1) is 0 Å². The van der Waals surface area contributed by atoms with Gasteiger partial charge in [-0.25, -0.2) is 4.79 Å². The molecule has 0 aliphatic heterocycles. The highest BCUT2D eigenvalue weighted by molar-refractivity contribution is 5.92. The van der Waals surface area contributed by atoms with Crippen molar-refractivity contribution >= 4 is 11.9 Å². The number of carbonyl (C=O) groups is 2. The number of hydrogen-bond acceptors (Lipinski definition) is 3. The van der Waals surface area contributed by atoms with E-state index in [-0.39, 0.29) is 18.6 Å². The van der Waals surface area contributed by atoms with Crippen molar-refractivity contribution < 1.29 is 14.3 Å². The maximum atomic E-state index is 12.1. The number of esters is 1. The van der Waals surface area contributed by atoms with Crippen LogP contribution in [0, 0.1) is 27.7 Å². The second-order valence-electron chi connectivity index (χ2n) is 6.53. The second kappa shape index (κ2) is 7.97. The number of aryl methyl sites for hydroxylation is 4. The van der Waals surface area contributed by atoms with Crippen LogP contribution >= 0.6 is 0 Å². The van der Waals surface area contributed by atoms with Crippen LogP contribution in [-0.2, 0) is 9.53 Å². The van der Waals surface area contributed by atoms with Crippen molar-refractivity contribution in [1.29, 1.82) is 0 Å². The molecule has 2 rings (SSSR count). The number of nitrogens with one attached hydrogen (secondary N) is 1. The molecule has 1 amide bonds. The average molecular weight is 339 g/mol. The summed E-state index contributed by atoms with van der Waals surface area (Å²) >= 11 is 0. The summed E-state index contributed by atoms with van der Waals surface area (Å²) in [6, 6.07) is 11.4. The Bertz CT molecular complexity index is 796. The molecule has 0 bridgehead atoms. The fourth-order valence-corrected chi connectivity index (χ4v) is 2.65. The van der Waals surface area contributed by atoms with Crippen molar-refractivity contribution in [2.24, 2.45) is 0 Å². The van der Waals surface area contributed by atoms with E-state index in [1.807, 2.05) is 52.0 Å². The topological polar surface area (TPSA) is 55.4 Å². The third-order valence-corrected chi connectivity index (χ3v) is 4.34. The molecule has 0 aliphatic rings. The molecular formula is C21H25NO3. The van der Waals surface area contributed by atoms with Crippen LogP contribution in [0.3, 0.4) is 0 Å². The van der Waals surface area contributed by atoms with E-state index >= 15 is 0 Å². The molecule has 0 saturated heterocycles. The van der Waals surface area contributed by atoms with Gasteiger partial charge < -0.3 is 10.1 Å². The van der Waals surface area contributed by atoms with E-state index in [1.165, 1.54) is 11.1 Å². The van der Waals surface area contributed by atoms with Crippen LogP contribution < -0.4 is 5.32 Å². The molecule has 0 fully saturated rings. The molecule has 1 atom stereocenters. The molecule has 132 valence electrons. The Hall–Kier alpha value is -2.62. The summed E-state index contributed by atoms with van der Waals surface area (Å²) in [7, 11) is 0. The van der Waals surface area contributed by atoms with Gasteiger partial charge in [-0.05, 0) is 62.9 Å². The second-order valence-corrected chi connectivity index (χ2v) is 6.53. The molecule has 1 N–H and O–H groups in total. The highest BCUT2D eigenvalue weighted by atomic mass is 16.5. The van der Waals surface area contributed by atoms with Gasteiger partial charge in [0.25, 0.3) is 5.91 Å². The van der Waals surface area contributed by atoms with E-state index in [1.54, 1.807) is 6.07 Å². The van der Waals surface area contributed by atoms with Crippen LogP contribution in [0.15, 0.2) is 36.4 Å². The van der Waals surface area contributed by atoms with E-state index in [2.05, 4.69) is 18.3 Å². The van der Waals surface area contributed by atoms with Gasteiger partial charge in [0.2, 0.25) is 0 Å². The van der Waals surface area contributed by atoms with E-state index in [0.29, 0.717) is 5.56 Å². The third kappa shape index (κ3) is 4.92. The number of ether oxygens (including phenoxy) is 1. The molecule has 0 heterocycles. The van der Waals surface area contributed by atoms with E-state index < -0.39 is 5.97 Å². The van der Waals surface area contributed by atoms with Gasteiger partial charge in [0, 0.05) is 0 Å². The van der Waals surface area contributed by atoms with Gasteiger partial charge in [0.1, 0.15) is 0 Å². The van der Waals surface area contributed by atoms with Crippen LogP contribution in [0.1, 0.15) is 51.1 Å². The first-order valence-corrected chi connectivity index (χ1v) is 8.39. The minimum Gasteiger partial charge on any atom is -0.452 e. The van der Waals surface area contributed by atoms with Crippen molar-refractivity contribution in [3.8, 4) is 0 Å². The zero-order valence-electron chi connectivity index (χ0n) is 15.5. The first-order chi connectivity index (χ1) is 11.8. The third-order valence-electron chi connectivity index (χ3n) is 4.34. The molecule has 2 aromatic carbocycles. The number of rotatable bonds is 5. The van der Waals surface area contributed by atoms with Gasteiger partial charge >= 0.3 is 5.97 Å². The van der Waals surface area contributed by atoms with E-state index in [4.69, 9.17) is 4.74 Å². The monoisotopic (exact) mass is 339 g/mol. The molecule has 0 aromatic heterocycles. The van der Waals surface area contributed by atoms with Crippen LogP contribution in [-0.4, -0.2) is 18.5 Å².